The molecule has 0 radical (unpaired) electrons. The summed E-state index contributed by atoms with van der Waals surface area (Å²) in [5.74, 6) is 0.704. The van der Waals surface area contributed by atoms with Gasteiger partial charge in [-0.25, -0.2) is 0 Å². The van der Waals surface area contributed by atoms with Crippen LogP contribution in [0.1, 0.15) is 48.8 Å². The van der Waals surface area contributed by atoms with Gasteiger partial charge in [0.2, 0.25) is 0 Å². The van der Waals surface area contributed by atoms with E-state index in [9.17, 15) is 4.79 Å². The van der Waals surface area contributed by atoms with Crippen LogP contribution in [-0.2, 0) is 0 Å². The molecule has 1 saturated carbocycles. The van der Waals surface area contributed by atoms with Gasteiger partial charge in [0.15, 0.2) is 0 Å². The first-order valence-electron chi connectivity index (χ1n) is 8.94. The lowest BCUT2D eigenvalue weighted by Crippen LogP contribution is -2.64. The molecule has 3 fully saturated rings. The number of nitrogens with one attached hydrogen (secondary N) is 1. The number of carbonyl (C=O) groups is 1. The van der Waals surface area contributed by atoms with Crippen LogP contribution in [0.4, 0.5) is 0 Å². The number of carbonyl (C=O) groups excluding carboxylic acids is 1. The highest BCUT2D eigenvalue weighted by molar-refractivity contribution is 5.93. The smallest absolute Gasteiger partial charge is 0.274 e. The van der Waals surface area contributed by atoms with Gasteiger partial charge in [0.05, 0.1) is 0 Å². The van der Waals surface area contributed by atoms with Gasteiger partial charge in [0, 0.05) is 63.0 Å². The fourth-order valence-corrected chi connectivity index (χ4v) is 3.68. The Hall–Kier alpha value is -1.40. The van der Waals surface area contributed by atoms with Crippen molar-refractivity contribution in [2.45, 2.75) is 44.7 Å². The summed E-state index contributed by atoms with van der Waals surface area (Å²) in [4.78, 5) is 19.5. The SMILES string of the molecule is CC(C)N1CCN(C2CN(C(=O)c3cc(C4CC4)[nH]n3)C2)CC1. The highest BCUT2D eigenvalue weighted by Gasteiger charge is 2.37. The molecule has 6 heteroatoms. The van der Waals surface area contributed by atoms with Crippen molar-refractivity contribution in [2.24, 2.45) is 0 Å². The van der Waals surface area contributed by atoms with Crippen LogP contribution >= 0.6 is 0 Å². The molecule has 3 heterocycles. The average molecular weight is 317 g/mol. The van der Waals surface area contributed by atoms with Crippen LogP contribution in [0.15, 0.2) is 6.07 Å². The number of hydrogen-bond acceptors (Lipinski definition) is 4. The zero-order chi connectivity index (χ0) is 16.0. The van der Waals surface area contributed by atoms with E-state index in [1.165, 1.54) is 12.8 Å². The first-order chi connectivity index (χ1) is 11.1. The topological polar surface area (TPSA) is 55.5 Å². The summed E-state index contributed by atoms with van der Waals surface area (Å²) in [5, 5.41) is 7.24. The molecule has 6 nitrogen and oxygen atoms in total. The second-order valence-corrected chi connectivity index (χ2v) is 7.51. The molecule has 1 N–H and O–H groups in total. The highest BCUT2D eigenvalue weighted by Crippen LogP contribution is 2.39. The average Bonchev–Trinajstić information content (AvgIpc) is 3.23. The minimum absolute atomic E-state index is 0.0882. The van der Waals surface area contributed by atoms with E-state index in [0.717, 1.165) is 45.0 Å². The molecular weight excluding hydrogens is 290 g/mol. The Labute approximate surface area is 137 Å². The Morgan fingerprint density at radius 2 is 1.91 bits per heavy atom. The normalized spacial score (nSPS) is 24.2. The maximum absolute atomic E-state index is 12.5. The highest BCUT2D eigenvalue weighted by atomic mass is 16.2. The summed E-state index contributed by atoms with van der Waals surface area (Å²) in [7, 11) is 0. The van der Waals surface area contributed by atoms with Gasteiger partial charge in [0.25, 0.3) is 5.91 Å². The minimum Gasteiger partial charge on any atom is -0.334 e. The fraction of sp³-hybridized carbons (Fsp3) is 0.765. The Morgan fingerprint density at radius 3 is 2.52 bits per heavy atom. The summed E-state index contributed by atoms with van der Waals surface area (Å²) in [6.07, 6.45) is 2.45. The lowest BCUT2D eigenvalue weighted by Gasteiger charge is -2.48. The van der Waals surface area contributed by atoms with Crippen LogP contribution in [-0.4, -0.2) is 82.2 Å². The molecule has 1 aromatic rings. The van der Waals surface area contributed by atoms with E-state index in [1.54, 1.807) is 0 Å². The van der Waals surface area contributed by atoms with E-state index >= 15 is 0 Å². The molecule has 2 saturated heterocycles. The molecule has 1 aromatic heterocycles. The number of H-pyrrole nitrogens is 1. The van der Waals surface area contributed by atoms with E-state index in [4.69, 9.17) is 0 Å². The van der Waals surface area contributed by atoms with Crippen LogP contribution in [0.3, 0.4) is 0 Å². The van der Waals surface area contributed by atoms with Gasteiger partial charge in [-0.3, -0.25) is 19.7 Å². The van der Waals surface area contributed by atoms with Crippen molar-refractivity contribution in [3.8, 4) is 0 Å². The van der Waals surface area contributed by atoms with Crippen molar-refractivity contribution in [1.29, 1.82) is 0 Å². The first kappa shape index (κ1) is 15.1. The summed E-state index contributed by atoms with van der Waals surface area (Å²) < 4.78 is 0. The maximum atomic E-state index is 12.5. The van der Waals surface area contributed by atoms with Crippen molar-refractivity contribution >= 4 is 5.91 Å². The van der Waals surface area contributed by atoms with Gasteiger partial charge in [-0.15, -0.1) is 0 Å². The van der Waals surface area contributed by atoms with E-state index in [0.29, 0.717) is 23.7 Å². The number of nitrogens with zero attached hydrogens (tertiary/aromatic N) is 4. The van der Waals surface area contributed by atoms with Crippen LogP contribution in [0.2, 0.25) is 0 Å². The molecule has 0 bridgehead atoms. The van der Waals surface area contributed by atoms with E-state index in [1.807, 2.05) is 11.0 Å². The monoisotopic (exact) mass is 317 g/mol. The Balaban J connectivity index is 1.27. The second kappa shape index (κ2) is 5.91. The van der Waals surface area contributed by atoms with Crippen molar-refractivity contribution in [3.63, 3.8) is 0 Å². The predicted octanol–water partition coefficient (Wildman–Crippen LogP) is 1.14. The van der Waals surface area contributed by atoms with E-state index in [-0.39, 0.29) is 5.91 Å². The molecule has 2 aliphatic heterocycles. The molecule has 0 spiro atoms. The van der Waals surface area contributed by atoms with Gasteiger partial charge >= 0.3 is 0 Å². The Morgan fingerprint density at radius 1 is 1.22 bits per heavy atom. The third-order valence-electron chi connectivity index (χ3n) is 5.58. The quantitative estimate of drug-likeness (QED) is 0.905. The van der Waals surface area contributed by atoms with Gasteiger partial charge in [-0.1, -0.05) is 0 Å². The second-order valence-electron chi connectivity index (χ2n) is 7.51. The first-order valence-corrected chi connectivity index (χ1v) is 8.94. The molecular formula is C17H27N5O. The molecule has 4 rings (SSSR count). The minimum atomic E-state index is 0.0882. The van der Waals surface area contributed by atoms with Crippen molar-refractivity contribution in [3.05, 3.63) is 17.5 Å². The molecule has 126 valence electrons. The molecule has 23 heavy (non-hydrogen) atoms. The summed E-state index contributed by atoms with van der Waals surface area (Å²) in [6, 6.07) is 3.13. The lowest BCUT2D eigenvalue weighted by molar-refractivity contribution is 0.00288. The van der Waals surface area contributed by atoms with Crippen LogP contribution in [0.5, 0.6) is 0 Å². The largest absolute Gasteiger partial charge is 0.334 e. The molecule has 0 atom stereocenters. The number of hydrogen-bond donors (Lipinski definition) is 1. The maximum Gasteiger partial charge on any atom is 0.274 e. The van der Waals surface area contributed by atoms with Crippen molar-refractivity contribution in [1.82, 2.24) is 24.9 Å². The number of aromatic nitrogens is 2. The predicted molar refractivity (Wildman–Crippen MR) is 88.5 cm³/mol. The molecule has 0 aromatic carbocycles. The number of aromatic amines is 1. The van der Waals surface area contributed by atoms with Gasteiger partial charge in [-0.2, -0.15) is 5.10 Å². The summed E-state index contributed by atoms with van der Waals surface area (Å²) in [5.41, 5.74) is 1.73. The molecule has 1 amide bonds. The third kappa shape index (κ3) is 3.02. The standard InChI is InChI=1S/C17H27N5O/c1-12(2)20-5-7-21(8-6-20)14-10-22(11-14)17(23)16-9-15(18-19-16)13-3-4-13/h9,12-14H,3-8,10-11H2,1-2H3,(H,18,19). The number of rotatable bonds is 4. The van der Waals surface area contributed by atoms with Crippen molar-refractivity contribution < 1.29 is 4.79 Å². The Kier molecular flexibility index (Phi) is 3.89. The van der Waals surface area contributed by atoms with Crippen molar-refractivity contribution in [2.75, 3.05) is 39.3 Å². The summed E-state index contributed by atoms with van der Waals surface area (Å²) >= 11 is 0. The zero-order valence-corrected chi connectivity index (χ0v) is 14.2. The number of likely N-dealkylation sites (tertiary alicyclic amines) is 1. The van der Waals surface area contributed by atoms with Crippen LogP contribution in [0.25, 0.3) is 0 Å². The zero-order valence-electron chi connectivity index (χ0n) is 14.2. The molecule has 1 aliphatic carbocycles. The van der Waals surface area contributed by atoms with Gasteiger partial charge in [0.1, 0.15) is 5.69 Å². The van der Waals surface area contributed by atoms with E-state index < -0.39 is 0 Å². The van der Waals surface area contributed by atoms with E-state index in [2.05, 4.69) is 33.8 Å². The summed E-state index contributed by atoms with van der Waals surface area (Å²) in [6.45, 7) is 10.8. The lowest BCUT2D eigenvalue weighted by atomic mass is 10.0. The molecule has 3 aliphatic rings. The number of piperazine rings is 1. The van der Waals surface area contributed by atoms with Crippen LogP contribution in [0, 0.1) is 0 Å². The third-order valence-corrected chi connectivity index (χ3v) is 5.58. The number of amides is 1. The van der Waals surface area contributed by atoms with Gasteiger partial charge in [-0.05, 0) is 32.8 Å². The fourth-order valence-electron chi connectivity index (χ4n) is 3.68. The van der Waals surface area contributed by atoms with Gasteiger partial charge < -0.3 is 4.90 Å². The van der Waals surface area contributed by atoms with Crippen LogP contribution < -0.4 is 0 Å². The Bertz CT molecular complexity index is 565. The molecule has 0 unspecified atom stereocenters.